The highest BCUT2D eigenvalue weighted by Crippen LogP contribution is 2.48. The smallest absolute Gasteiger partial charge is 0.137 e. The fraction of sp³-hybridized carbons (Fsp3) is 0. The number of rotatable bonds is 6. The Morgan fingerprint density at radius 2 is 1.00 bits per heavy atom. The number of hydrogen-bond donors (Lipinski definition) is 0. The summed E-state index contributed by atoms with van der Waals surface area (Å²) in [5, 5.41) is 9.74. The van der Waals surface area contributed by atoms with Crippen molar-refractivity contribution in [1.29, 1.82) is 0 Å². The topological polar surface area (TPSA) is 16.4 Å². The Kier molecular flexibility index (Phi) is 7.75. The van der Waals surface area contributed by atoms with Gasteiger partial charge in [0, 0.05) is 36.8 Å². The van der Waals surface area contributed by atoms with Crippen molar-refractivity contribution in [1.82, 2.24) is 0 Å². The number of fused-ring (bicyclic) bond motifs is 9. The molecule has 12 rings (SSSR count). The second-order valence-corrected chi connectivity index (χ2v) is 16.3. The predicted molar refractivity (Wildman–Crippen MR) is 253 cm³/mol. The van der Waals surface area contributed by atoms with Crippen LogP contribution in [0, 0.1) is 0 Å². The molecule has 0 unspecified atom stereocenters. The van der Waals surface area contributed by atoms with Gasteiger partial charge >= 0.3 is 0 Å². The second kappa shape index (κ2) is 13.6. The Balaban J connectivity index is 1.15. The molecule has 0 radical (unpaired) electrons. The molecule has 0 fully saturated rings. The molecule has 0 spiro atoms. The van der Waals surface area contributed by atoms with Crippen LogP contribution in [-0.2, 0) is 0 Å². The fourth-order valence-corrected chi connectivity index (χ4v) is 10.2. The van der Waals surface area contributed by atoms with Crippen LogP contribution in [0.5, 0.6) is 0 Å². The first-order valence-electron chi connectivity index (χ1n) is 20.1. The maximum Gasteiger partial charge on any atom is 0.137 e. The molecule has 0 atom stereocenters. The zero-order valence-electron chi connectivity index (χ0n) is 32.0. The molecular formula is C56H35NOS. The molecule has 2 nitrogen and oxygen atoms in total. The SMILES string of the molecule is c1ccc(-c2ccc(-c3cc4ccccc4c4ccccc34)cc2N(c2cccc(-c3ccc4sc5ccccc5c4c3)c2)c2cccc3oc4ccccc4c23)cc1. The monoisotopic (exact) mass is 769 g/mol. The van der Waals surface area contributed by atoms with Gasteiger partial charge in [0.05, 0.1) is 16.8 Å². The molecule has 2 heterocycles. The third kappa shape index (κ3) is 5.55. The van der Waals surface area contributed by atoms with Crippen molar-refractivity contribution in [2.24, 2.45) is 0 Å². The molecule has 59 heavy (non-hydrogen) atoms. The van der Waals surface area contributed by atoms with Crippen molar-refractivity contribution < 1.29 is 4.42 Å². The van der Waals surface area contributed by atoms with E-state index in [9.17, 15) is 0 Å². The van der Waals surface area contributed by atoms with Gasteiger partial charge < -0.3 is 9.32 Å². The van der Waals surface area contributed by atoms with Gasteiger partial charge in [0.25, 0.3) is 0 Å². The molecule has 10 aromatic carbocycles. The summed E-state index contributed by atoms with van der Waals surface area (Å²) in [5.74, 6) is 0. The summed E-state index contributed by atoms with van der Waals surface area (Å²) in [6.45, 7) is 0. The highest BCUT2D eigenvalue weighted by molar-refractivity contribution is 7.25. The van der Waals surface area contributed by atoms with Gasteiger partial charge in [-0.15, -0.1) is 11.3 Å². The zero-order valence-corrected chi connectivity index (χ0v) is 32.8. The molecule has 0 N–H and O–H groups in total. The number of hydrogen-bond acceptors (Lipinski definition) is 3. The van der Waals surface area contributed by atoms with Gasteiger partial charge in [-0.3, -0.25) is 0 Å². The molecule has 12 aromatic rings. The lowest BCUT2D eigenvalue weighted by Crippen LogP contribution is -2.12. The number of thiophene rings is 1. The van der Waals surface area contributed by atoms with Gasteiger partial charge in [-0.1, -0.05) is 152 Å². The summed E-state index contributed by atoms with van der Waals surface area (Å²) < 4.78 is 9.16. The van der Waals surface area contributed by atoms with Gasteiger partial charge in [-0.2, -0.15) is 0 Å². The zero-order chi connectivity index (χ0) is 38.9. The molecule has 3 heteroatoms. The van der Waals surface area contributed by atoms with E-state index in [1.54, 1.807) is 0 Å². The van der Waals surface area contributed by atoms with Crippen LogP contribution in [0.3, 0.4) is 0 Å². The Morgan fingerprint density at radius 3 is 1.90 bits per heavy atom. The summed E-state index contributed by atoms with van der Waals surface area (Å²) in [7, 11) is 0. The molecule has 0 aliphatic heterocycles. The van der Waals surface area contributed by atoms with Crippen LogP contribution in [0.4, 0.5) is 17.1 Å². The lowest BCUT2D eigenvalue weighted by Gasteiger charge is -2.29. The van der Waals surface area contributed by atoms with Crippen molar-refractivity contribution in [3.05, 3.63) is 212 Å². The number of anilines is 3. The van der Waals surface area contributed by atoms with Crippen molar-refractivity contribution >= 4 is 92.1 Å². The van der Waals surface area contributed by atoms with Crippen molar-refractivity contribution in [2.75, 3.05) is 4.90 Å². The van der Waals surface area contributed by atoms with E-state index >= 15 is 0 Å². The van der Waals surface area contributed by atoms with Crippen molar-refractivity contribution in [3.63, 3.8) is 0 Å². The summed E-state index contributed by atoms with van der Waals surface area (Å²) in [4.78, 5) is 2.46. The summed E-state index contributed by atoms with van der Waals surface area (Å²) in [6.07, 6.45) is 0. The van der Waals surface area contributed by atoms with E-state index in [0.717, 1.165) is 61.3 Å². The maximum absolute atomic E-state index is 6.55. The molecule has 0 aliphatic carbocycles. The number of furan rings is 1. The van der Waals surface area contributed by atoms with E-state index in [2.05, 4.69) is 211 Å². The number of nitrogens with zero attached hydrogens (tertiary/aromatic N) is 1. The van der Waals surface area contributed by atoms with Crippen LogP contribution in [-0.4, -0.2) is 0 Å². The Hall–Kier alpha value is -7.46. The van der Waals surface area contributed by atoms with E-state index in [1.165, 1.54) is 52.8 Å². The fourth-order valence-electron chi connectivity index (χ4n) is 9.12. The van der Waals surface area contributed by atoms with Crippen LogP contribution in [0.15, 0.2) is 217 Å². The van der Waals surface area contributed by atoms with Gasteiger partial charge in [0.1, 0.15) is 11.2 Å². The first-order valence-corrected chi connectivity index (χ1v) is 20.9. The molecule has 0 bridgehead atoms. The van der Waals surface area contributed by atoms with Crippen LogP contribution in [0.2, 0.25) is 0 Å². The molecular weight excluding hydrogens is 735 g/mol. The average molecular weight is 770 g/mol. The normalized spacial score (nSPS) is 11.7. The third-order valence-corrected chi connectivity index (χ3v) is 13.0. The van der Waals surface area contributed by atoms with E-state index in [1.807, 2.05) is 17.4 Å². The number of benzene rings is 10. The number of para-hydroxylation sites is 1. The molecule has 0 saturated heterocycles. The van der Waals surface area contributed by atoms with E-state index in [-0.39, 0.29) is 0 Å². The molecule has 2 aromatic heterocycles. The summed E-state index contributed by atoms with van der Waals surface area (Å²) >= 11 is 1.85. The van der Waals surface area contributed by atoms with Gasteiger partial charge in [0.15, 0.2) is 0 Å². The quantitative estimate of drug-likeness (QED) is 0.157. The lowest BCUT2D eigenvalue weighted by atomic mass is 9.91. The Labute approximate surface area is 345 Å². The first kappa shape index (κ1) is 33.7. The molecule has 0 saturated carbocycles. The first-order chi connectivity index (χ1) is 29.2. The largest absolute Gasteiger partial charge is 0.456 e. The Bertz CT molecular complexity index is 3580. The van der Waals surface area contributed by atoms with E-state index in [0.29, 0.717) is 0 Å². The molecule has 0 aliphatic rings. The Morgan fingerprint density at radius 1 is 0.339 bits per heavy atom. The van der Waals surface area contributed by atoms with Gasteiger partial charge in [-0.05, 0) is 110 Å². The predicted octanol–water partition coefficient (Wildman–Crippen LogP) is 16.7. The maximum atomic E-state index is 6.55. The minimum atomic E-state index is 0.859. The van der Waals surface area contributed by atoms with Gasteiger partial charge in [0.2, 0.25) is 0 Å². The summed E-state index contributed by atoms with van der Waals surface area (Å²) in [5.41, 5.74) is 11.9. The van der Waals surface area contributed by atoms with Crippen molar-refractivity contribution in [3.8, 4) is 33.4 Å². The summed E-state index contributed by atoms with van der Waals surface area (Å²) in [6, 6.07) is 77.2. The lowest BCUT2D eigenvalue weighted by molar-refractivity contribution is 0.669. The molecule has 0 amide bonds. The van der Waals surface area contributed by atoms with Crippen LogP contribution < -0.4 is 4.90 Å². The average Bonchev–Trinajstić information content (AvgIpc) is 3.88. The van der Waals surface area contributed by atoms with Gasteiger partial charge in [-0.25, -0.2) is 0 Å². The van der Waals surface area contributed by atoms with Crippen molar-refractivity contribution in [2.45, 2.75) is 0 Å². The van der Waals surface area contributed by atoms with E-state index < -0.39 is 0 Å². The third-order valence-electron chi connectivity index (χ3n) is 11.8. The minimum Gasteiger partial charge on any atom is -0.456 e. The highest BCUT2D eigenvalue weighted by atomic mass is 32.1. The van der Waals surface area contributed by atoms with Crippen LogP contribution >= 0.6 is 11.3 Å². The molecule has 276 valence electrons. The van der Waals surface area contributed by atoms with Crippen LogP contribution in [0.25, 0.3) is 97.0 Å². The van der Waals surface area contributed by atoms with E-state index in [4.69, 9.17) is 4.42 Å². The standard InChI is InChI=1S/C56H35NOS/c1-2-14-36(15-3-1)43-30-28-40(48-34-39-16-4-5-19-42(39)44-20-6-7-21-45(44)48)35-51(43)57(50-24-13-26-53-56(50)47-23-8-10-25-52(47)58-53)41-18-12-17-37(32-41)38-29-31-55-49(33-38)46-22-9-11-27-54(46)59-55/h1-35H. The second-order valence-electron chi connectivity index (χ2n) is 15.2. The minimum absolute atomic E-state index is 0.859. The van der Waals surface area contributed by atoms with Crippen LogP contribution in [0.1, 0.15) is 0 Å². The highest BCUT2D eigenvalue weighted by Gasteiger charge is 2.24.